The Kier molecular flexibility index (Phi) is 5.06. The highest BCUT2D eigenvalue weighted by molar-refractivity contribution is 7.99. The van der Waals surface area contributed by atoms with Crippen LogP contribution in [0.3, 0.4) is 0 Å². The highest BCUT2D eigenvalue weighted by atomic mass is 32.2. The first-order chi connectivity index (χ1) is 9.88. The second-order valence-corrected chi connectivity index (χ2v) is 7.61. The van der Waals surface area contributed by atoms with Crippen molar-refractivity contribution >= 4 is 11.8 Å². The van der Waals surface area contributed by atoms with Crippen LogP contribution in [0.25, 0.3) is 0 Å². The van der Waals surface area contributed by atoms with E-state index in [0.29, 0.717) is 6.04 Å². The second-order valence-electron chi connectivity index (χ2n) is 6.39. The minimum absolute atomic E-state index is 0.555. The Morgan fingerprint density at radius 2 is 1.90 bits per heavy atom. The fourth-order valence-electron chi connectivity index (χ4n) is 3.64. The Bertz CT molecular complexity index is 421. The van der Waals surface area contributed by atoms with Gasteiger partial charge in [0.25, 0.3) is 0 Å². The van der Waals surface area contributed by atoms with Crippen LogP contribution in [0.2, 0.25) is 0 Å². The lowest BCUT2D eigenvalue weighted by molar-refractivity contribution is 0.372. The van der Waals surface area contributed by atoms with Crippen molar-refractivity contribution in [3.63, 3.8) is 0 Å². The van der Waals surface area contributed by atoms with Crippen molar-refractivity contribution in [3.05, 3.63) is 35.4 Å². The van der Waals surface area contributed by atoms with Crippen LogP contribution in [0.15, 0.2) is 24.3 Å². The molecule has 1 unspecified atom stereocenters. The first kappa shape index (κ1) is 14.5. The maximum atomic E-state index is 3.60. The second kappa shape index (κ2) is 7.00. The molecule has 1 aliphatic carbocycles. The predicted molar refractivity (Wildman–Crippen MR) is 89.5 cm³/mol. The maximum absolute atomic E-state index is 3.60. The molecule has 0 aromatic heterocycles. The van der Waals surface area contributed by atoms with E-state index in [1.54, 1.807) is 11.1 Å². The third kappa shape index (κ3) is 3.23. The molecule has 1 saturated heterocycles. The first-order valence-electron chi connectivity index (χ1n) is 8.22. The number of hydrogen-bond donors (Lipinski definition) is 1. The monoisotopic (exact) mass is 289 g/mol. The molecule has 0 bridgehead atoms. The van der Waals surface area contributed by atoms with Crippen molar-refractivity contribution in [1.82, 2.24) is 5.32 Å². The van der Waals surface area contributed by atoms with Crippen LogP contribution in [0, 0.1) is 5.92 Å². The summed E-state index contributed by atoms with van der Waals surface area (Å²) in [5.41, 5.74) is 3.21. The lowest BCUT2D eigenvalue weighted by Crippen LogP contribution is -2.24. The SMILES string of the molecule is CNC(CC1CCSCC1)c1ccccc1C1CCC1. The van der Waals surface area contributed by atoms with E-state index in [4.69, 9.17) is 0 Å². The molecule has 1 nitrogen and oxygen atoms in total. The van der Waals surface area contributed by atoms with Crippen molar-refractivity contribution in [2.24, 2.45) is 5.92 Å². The van der Waals surface area contributed by atoms with E-state index in [2.05, 4.69) is 48.4 Å². The first-order valence-corrected chi connectivity index (χ1v) is 9.37. The number of hydrogen-bond acceptors (Lipinski definition) is 2. The summed E-state index contributed by atoms with van der Waals surface area (Å²) in [4.78, 5) is 0. The smallest absolute Gasteiger partial charge is 0.0323 e. The summed E-state index contributed by atoms with van der Waals surface area (Å²) in [5.74, 6) is 4.49. The normalized spacial score (nSPS) is 22.4. The quantitative estimate of drug-likeness (QED) is 0.839. The molecule has 110 valence electrons. The van der Waals surface area contributed by atoms with Crippen LogP contribution in [0.4, 0.5) is 0 Å². The molecule has 2 aliphatic rings. The molecule has 1 heterocycles. The van der Waals surface area contributed by atoms with E-state index in [0.717, 1.165) is 11.8 Å². The van der Waals surface area contributed by atoms with E-state index >= 15 is 0 Å². The molecular weight excluding hydrogens is 262 g/mol. The summed E-state index contributed by atoms with van der Waals surface area (Å²) in [6.45, 7) is 0. The highest BCUT2D eigenvalue weighted by Gasteiger charge is 2.26. The van der Waals surface area contributed by atoms with Gasteiger partial charge in [-0.2, -0.15) is 11.8 Å². The number of rotatable bonds is 5. The van der Waals surface area contributed by atoms with E-state index in [-0.39, 0.29) is 0 Å². The zero-order valence-corrected chi connectivity index (χ0v) is 13.4. The zero-order chi connectivity index (χ0) is 13.8. The standard InChI is InChI=1S/C18H27NS/c1-19-18(13-14-9-11-20-12-10-14)17-8-3-2-7-16(17)15-5-4-6-15/h2-3,7-8,14-15,18-19H,4-6,9-13H2,1H3. The van der Waals surface area contributed by atoms with Crippen LogP contribution in [-0.2, 0) is 0 Å². The molecular formula is C18H27NS. The van der Waals surface area contributed by atoms with Gasteiger partial charge < -0.3 is 5.32 Å². The summed E-state index contributed by atoms with van der Waals surface area (Å²) in [6, 6.07) is 9.74. The van der Waals surface area contributed by atoms with Gasteiger partial charge in [-0.3, -0.25) is 0 Å². The molecule has 20 heavy (non-hydrogen) atoms. The molecule has 0 spiro atoms. The fraction of sp³-hybridized carbons (Fsp3) is 0.667. The Morgan fingerprint density at radius 3 is 2.55 bits per heavy atom. The lowest BCUT2D eigenvalue weighted by atomic mass is 9.76. The van der Waals surface area contributed by atoms with Crippen molar-refractivity contribution < 1.29 is 0 Å². The minimum Gasteiger partial charge on any atom is -0.313 e. The van der Waals surface area contributed by atoms with Crippen molar-refractivity contribution in [3.8, 4) is 0 Å². The Morgan fingerprint density at radius 1 is 1.15 bits per heavy atom. The van der Waals surface area contributed by atoms with E-state index in [9.17, 15) is 0 Å². The molecule has 1 atom stereocenters. The van der Waals surface area contributed by atoms with Crippen molar-refractivity contribution in [2.75, 3.05) is 18.6 Å². The van der Waals surface area contributed by atoms with E-state index in [1.807, 2.05) is 0 Å². The van der Waals surface area contributed by atoms with E-state index in [1.165, 1.54) is 50.0 Å². The van der Waals surface area contributed by atoms with Crippen LogP contribution < -0.4 is 5.32 Å². The lowest BCUT2D eigenvalue weighted by Gasteiger charge is -2.32. The van der Waals surface area contributed by atoms with Crippen molar-refractivity contribution in [2.45, 2.75) is 50.5 Å². The summed E-state index contributed by atoms with van der Waals surface area (Å²) < 4.78 is 0. The molecule has 1 N–H and O–H groups in total. The third-order valence-corrected chi connectivity index (χ3v) is 6.22. The van der Waals surface area contributed by atoms with Crippen molar-refractivity contribution in [1.29, 1.82) is 0 Å². The van der Waals surface area contributed by atoms with Gasteiger partial charge in [0.1, 0.15) is 0 Å². The topological polar surface area (TPSA) is 12.0 Å². The van der Waals surface area contributed by atoms with Gasteiger partial charge in [0.2, 0.25) is 0 Å². The highest BCUT2D eigenvalue weighted by Crippen LogP contribution is 2.41. The van der Waals surface area contributed by atoms with Gasteiger partial charge in [-0.05, 0) is 73.6 Å². The van der Waals surface area contributed by atoms with Crippen LogP contribution in [0.5, 0.6) is 0 Å². The van der Waals surface area contributed by atoms with E-state index < -0.39 is 0 Å². The molecule has 1 aliphatic heterocycles. The van der Waals surface area contributed by atoms with Gasteiger partial charge in [-0.15, -0.1) is 0 Å². The summed E-state index contributed by atoms with van der Waals surface area (Å²) in [6.07, 6.45) is 8.35. The molecule has 1 aromatic rings. The summed E-state index contributed by atoms with van der Waals surface area (Å²) >= 11 is 2.13. The maximum Gasteiger partial charge on any atom is 0.0323 e. The average molecular weight is 289 g/mol. The molecule has 2 heteroatoms. The molecule has 1 aromatic carbocycles. The largest absolute Gasteiger partial charge is 0.313 e. The zero-order valence-electron chi connectivity index (χ0n) is 12.6. The van der Waals surface area contributed by atoms with Gasteiger partial charge in [-0.1, -0.05) is 30.7 Å². The number of nitrogens with one attached hydrogen (secondary N) is 1. The van der Waals surface area contributed by atoms with Gasteiger partial charge >= 0.3 is 0 Å². The molecule has 2 fully saturated rings. The fourth-order valence-corrected chi connectivity index (χ4v) is 4.84. The average Bonchev–Trinajstić information content (AvgIpc) is 2.45. The Balaban J connectivity index is 1.74. The molecule has 3 rings (SSSR count). The predicted octanol–water partition coefficient (Wildman–Crippen LogP) is 4.75. The van der Waals surface area contributed by atoms with Gasteiger partial charge in [0.15, 0.2) is 0 Å². The molecule has 0 amide bonds. The van der Waals surface area contributed by atoms with Gasteiger partial charge in [-0.25, -0.2) is 0 Å². The summed E-state index contributed by atoms with van der Waals surface area (Å²) in [5, 5.41) is 3.60. The van der Waals surface area contributed by atoms with Crippen LogP contribution >= 0.6 is 11.8 Å². The third-order valence-electron chi connectivity index (χ3n) is 5.17. The number of benzene rings is 1. The Labute approximate surface area is 127 Å². The summed E-state index contributed by atoms with van der Waals surface area (Å²) in [7, 11) is 2.14. The van der Waals surface area contributed by atoms with Gasteiger partial charge in [0.05, 0.1) is 0 Å². The van der Waals surface area contributed by atoms with Gasteiger partial charge in [0, 0.05) is 6.04 Å². The van der Waals surface area contributed by atoms with Crippen LogP contribution in [-0.4, -0.2) is 18.6 Å². The molecule has 0 radical (unpaired) electrons. The van der Waals surface area contributed by atoms with Crippen LogP contribution in [0.1, 0.15) is 61.6 Å². The molecule has 1 saturated carbocycles. The number of thioether (sulfide) groups is 1. The minimum atomic E-state index is 0.555. The Hall–Kier alpha value is -0.470.